The van der Waals surface area contributed by atoms with Gasteiger partial charge in [0.15, 0.2) is 0 Å². The zero-order chi connectivity index (χ0) is 13.1. The minimum atomic E-state index is -2.28. The number of aryl methyl sites for hydroxylation is 1. The molecule has 0 radical (unpaired) electrons. The summed E-state index contributed by atoms with van der Waals surface area (Å²) in [6.45, 7) is 1.88. The van der Waals surface area contributed by atoms with Crippen LogP contribution in [0.25, 0.3) is 0 Å². The smallest absolute Gasteiger partial charge is 0.269 e. The molecule has 0 amide bonds. The zero-order valence-electron chi connectivity index (χ0n) is 9.82. The molecule has 0 saturated carbocycles. The molecular formula is C10H12N4O3S. The molecule has 2 aromatic rings. The Labute approximate surface area is 106 Å². The summed E-state index contributed by atoms with van der Waals surface area (Å²) >= 11 is -2.28. The van der Waals surface area contributed by atoms with E-state index in [1.807, 2.05) is 13.0 Å². The Hall–Kier alpha value is -1.93. The van der Waals surface area contributed by atoms with Crippen molar-refractivity contribution in [2.75, 3.05) is 11.4 Å². The molecular weight excluding hydrogens is 256 g/mol. The fourth-order valence-corrected chi connectivity index (χ4v) is 2.07. The van der Waals surface area contributed by atoms with Gasteiger partial charge in [-0.15, -0.1) is 0 Å². The van der Waals surface area contributed by atoms with E-state index in [1.165, 1.54) is 13.4 Å². The lowest BCUT2D eigenvalue weighted by Crippen LogP contribution is -2.21. The lowest BCUT2D eigenvalue weighted by molar-refractivity contribution is 0.415. The number of nitrogens with zero attached hydrogens (tertiary/aromatic N) is 3. The van der Waals surface area contributed by atoms with Crippen LogP contribution in [0.1, 0.15) is 5.56 Å². The van der Waals surface area contributed by atoms with Gasteiger partial charge in [0.2, 0.25) is 5.95 Å². The Morgan fingerprint density at radius 3 is 2.83 bits per heavy atom. The summed E-state index contributed by atoms with van der Waals surface area (Å²) in [5, 5.41) is 6.21. The molecule has 2 rings (SSSR count). The summed E-state index contributed by atoms with van der Waals surface area (Å²) in [6, 6.07) is 5.30. The Balaban J connectivity index is 2.56. The van der Waals surface area contributed by atoms with Crippen LogP contribution in [0.4, 0.5) is 11.6 Å². The van der Waals surface area contributed by atoms with Gasteiger partial charge in [0.05, 0.1) is 7.11 Å². The van der Waals surface area contributed by atoms with E-state index < -0.39 is 11.3 Å². The highest BCUT2D eigenvalue weighted by Crippen LogP contribution is 2.33. The number of nitrogens with one attached hydrogen (secondary N) is 1. The molecule has 8 heteroatoms. The first-order valence-electron chi connectivity index (χ1n) is 5.04. The second kappa shape index (κ2) is 5.15. The van der Waals surface area contributed by atoms with Crippen molar-refractivity contribution in [1.82, 2.24) is 15.2 Å². The van der Waals surface area contributed by atoms with Crippen molar-refractivity contribution < 1.29 is 13.5 Å². The summed E-state index contributed by atoms with van der Waals surface area (Å²) in [6.07, 6.45) is 1.26. The standard InChI is InChI=1S/C10H12N4O3S/c1-7-3-4-9(17-2)8(5-7)14(18(15)16)10-11-6-12-13-10/h3-6H,1-2H3,(H,15,16)(H,11,12,13). The molecule has 0 saturated heterocycles. The van der Waals surface area contributed by atoms with Gasteiger partial charge in [0.1, 0.15) is 17.8 Å². The zero-order valence-corrected chi connectivity index (χ0v) is 10.6. The van der Waals surface area contributed by atoms with Gasteiger partial charge in [0.25, 0.3) is 11.3 Å². The number of anilines is 2. The van der Waals surface area contributed by atoms with Crippen molar-refractivity contribution in [3.63, 3.8) is 0 Å². The number of aromatic amines is 1. The number of ether oxygens (including phenoxy) is 1. The first-order chi connectivity index (χ1) is 8.63. The third-order valence-corrected chi connectivity index (χ3v) is 2.99. The van der Waals surface area contributed by atoms with Gasteiger partial charge in [-0.2, -0.15) is 10.1 Å². The largest absolute Gasteiger partial charge is 0.495 e. The first kappa shape index (κ1) is 12.5. The Kier molecular flexibility index (Phi) is 3.58. The Morgan fingerprint density at radius 1 is 1.50 bits per heavy atom. The molecule has 0 aliphatic heterocycles. The number of hydrogen-bond acceptors (Lipinski definition) is 4. The minimum Gasteiger partial charge on any atom is -0.495 e. The fraction of sp³-hybridized carbons (Fsp3) is 0.200. The van der Waals surface area contributed by atoms with Gasteiger partial charge < -0.3 is 4.74 Å². The highest BCUT2D eigenvalue weighted by Gasteiger charge is 2.21. The highest BCUT2D eigenvalue weighted by atomic mass is 32.2. The molecule has 0 aliphatic rings. The predicted molar refractivity (Wildman–Crippen MR) is 67.0 cm³/mol. The Bertz CT molecular complexity index is 558. The normalized spacial score (nSPS) is 12.2. The third kappa shape index (κ3) is 2.34. The van der Waals surface area contributed by atoms with Gasteiger partial charge in [-0.3, -0.25) is 4.55 Å². The van der Waals surface area contributed by atoms with Crippen molar-refractivity contribution in [2.45, 2.75) is 6.92 Å². The lowest BCUT2D eigenvalue weighted by Gasteiger charge is -2.19. The van der Waals surface area contributed by atoms with Crippen LogP contribution in [0.15, 0.2) is 24.5 Å². The molecule has 18 heavy (non-hydrogen) atoms. The maximum Gasteiger partial charge on any atom is 0.269 e. The summed E-state index contributed by atoms with van der Waals surface area (Å²) in [5.74, 6) is 0.638. The average Bonchev–Trinajstić information content (AvgIpc) is 2.83. The number of H-pyrrole nitrogens is 1. The van der Waals surface area contributed by atoms with Crippen LogP contribution in [-0.2, 0) is 11.3 Å². The van der Waals surface area contributed by atoms with Crippen LogP contribution in [0.2, 0.25) is 0 Å². The van der Waals surface area contributed by atoms with Gasteiger partial charge in [-0.05, 0) is 24.6 Å². The molecule has 1 aromatic carbocycles. The number of aromatic nitrogens is 3. The molecule has 7 nitrogen and oxygen atoms in total. The summed E-state index contributed by atoms with van der Waals surface area (Å²) < 4.78 is 27.2. The fourth-order valence-electron chi connectivity index (χ4n) is 1.53. The molecule has 1 aromatic heterocycles. The van der Waals surface area contributed by atoms with Crippen LogP contribution in [-0.4, -0.2) is 31.1 Å². The second-order valence-electron chi connectivity index (χ2n) is 3.51. The number of benzene rings is 1. The predicted octanol–water partition coefficient (Wildman–Crippen LogP) is 1.40. The van der Waals surface area contributed by atoms with Gasteiger partial charge in [0, 0.05) is 0 Å². The van der Waals surface area contributed by atoms with E-state index in [0.717, 1.165) is 9.87 Å². The van der Waals surface area contributed by atoms with Crippen LogP contribution in [0.5, 0.6) is 5.75 Å². The van der Waals surface area contributed by atoms with Crippen molar-refractivity contribution in [1.29, 1.82) is 0 Å². The number of hydrogen-bond donors (Lipinski definition) is 2. The van der Waals surface area contributed by atoms with Crippen LogP contribution in [0.3, 0.4) is 0 Å². The first-order valence-corrected chi connectivity index (χ1v) is 6.11. The maximum absolute atomic E-state index is 11.5. The molecule has 1 heterocycles. The van der Waals surface area contributed by atoms with E-state index in [0.29, 0.717) is 11.4 Å². The van der Waals surface area contributed by atoms with Crippen molar-refractivity contribution in [3.05, 3.63) is 30.1 Å². The van der Waals surface area contributed by atoms with Crippen molar-refractivity contribution >= 4 is 22.9 Å². The van der Waals surface area contributed by atoms with E-state index in [9.17, 15) is 8.76 Å². The molecule has 0 bridgehead atoms. The van der Waals surface area contributed by atoms with Crippen LogP contribution in [0, 0.1) is 6.92 Å². The SMILES string of the molecule is COc1ccc(C)cc1N(c1ncn[nH]1)S(=O)O. The topological polar surface area (TPSA) is 91.3 Å². The van der Waals surface area contributed by atoms with Crippen LogP contribution >= 0.6 is 0 Å². The monoisotopic (exact) mass is 268 g/mol. The highest BCUT2D eigenvalue weighted by molar-refractivity contribution is 7.81. The molecule has 0 aliphatic carbocycles. The quantitative estimate of drug-likeness (QED) is 0.818. The number of rotatable bonds is 4. The summed E-state index contributed by atoms with van der Waals surface area (Å²) in [5.41, 5.74) is 1.37. The third-order valence-electron chi connectivity index (χ3n) is 2.30. The summed E-state index contributed by atoms with van der Waals surface area (Å²) in [7, 11) is 1.49. The average molecular weight is 268 g/mol. The van der Waals surface area contributed by atoms with E-state index in [2.05, 4.69) is 15.2 Å². The van der Waals surface area contributed by atoms with Gasteiger partial charge >= 0.3 is 0 Å². The molecule has 0 spiro atoms. The lowest BCUT2D eigenvalue weighted by atomic mass is 10.2. The van der Waals surface area contributed by atoms with Gasteiger partial charge in [-0.25, -0.2) is 13.6 Å². The van der Waals surface area contributed by atoms with E-state index >= 15 is 0 Å². The van der Waals surface area contributed by atoms with E-state index in [4.69, 9.17) is 4.74 Å². The molecule has 1 atom stereocenters. The second-order valence-corrected chi connectivity index (χ2v) is 4.34. The van der Waals surface area contributed by atoms with Crippen LogP contribution < -0.4 is 9.04 Å². The summed E-state index contributed by atoms with van der Waals surface area (Å²) in [4.78, 5) is 3.87. The Morgan fingerprint density at radius 2 is 2.28 bits per heavy atom. The molecule has 96 valence electrons. The maximum atomic E-state index is 11.5. The van der Waals surface area contributed by atoms with Crippen molar-refractivity contribution in [2.24, 2.45) is 0 Å². The molecule has 0 fully saturated rings. The van der Waals surface area contributed by atoms with Crippen molar-refractivity contribution in [3.8, 4) is 5.75 Å². The molecule has 2 N–H and O–H groups in total. The van der Waals surface area contributed by atoms with E-state index in [-0.39, 0.29) is 5.95 Å². The molecule has 1 unspecified atom stereocenters. The minimum absolute atomic E-state index is 0.166. The number of methoxy groups -OCH3 is 1. The van der Waals surface area contributed by atoms with Gasteiger partial charge in [-0.1, -0.05) is 6.07 Å². The van der Waals surface area contributed by atoms with E-state index in [1.54, 1.807) is 12.1 Å².